The van der Waals surface area contributed by atoms with Crippen molar-refractivity contribution in [2.45, 2.75) is 20.8 Å². The molecule has 0 atom stereocenters. The van der Waals surface area contributed by atoms with Crippen molar-refractivity contribution >= 4 is 29.2 Å². The third-order valence-corrected chi connectivity index (χ3v) is 2.77. The van der Waals surface area contributed by atoms with Crippen LogP contribution >= 0.6 is 11.6 Å². The van der Waals surface area contributed by atoms with Crippen molar-refractivity contribution < 1.29 is 19.1 Å². The zero-order valence-corrected chi connectivity index (χ0v) is 13.2. The topological polar surface area (TPSA) is 64.6 Å². The van der Waals surface area contributed by atoms with Crippen LogP contribution in [0, 0.1) is 0 Å². The number of carbonyl (C=O) groups excluding carboxylic acids is 2. The van der Waals surface area contributed by atoms with Gasteiger partial charge < -0.3 is 14.8 Å². The van der Waals surface area contributed by atoms with Crippen molar-refractivity contribution in [3.05, 3.63) is 34.4 Å². The maximum atomic E-state index is 11.8. The molecule has 6 heteroatoms. The molecule has 0 saturated carbocycles. The van der Waals surface area contributed by atoms with Crippen LogP contribution in [0.4, 0.5) is 5.69 Å². The van der Waals surface area contributed by atoms with Gasteiger partial charge in [0.05, 0.1) is 24.4 Å². The number of hydrogen-bond acceptors (Lipinski definition) is 4. The number of esters is 1. The van der Waals surface area contributed by atoms with Gasteiger partial charge in [-0.15, -0.1) is 0 Å². The molecule has 0 bridgehead atoms. The van der Waals surface area contributed by atoms with E-state index in [0.717, 1.165) is 5.57 Å². The Bertz CT molecular complexity index is 577. The average molecular weight is 312 g/mol. The summed E-state index contributed by atoms with van der Waals surface area (Å²) in [7, 11) is 1.42. The van der Waals surface area contributed by atoms with Crippen molar-refractivity contribution in [3.63, 3.8) is 0 Å². The first-order chi connectivity index (χ1) is 9.88. The molecule has 0 aliphatic rings. The molecule has 21 heavy (non-hydrogen) atoms. The van der Waals surface area contributed by atoms with Crippen molar-refractivity contribution in [3.8, 4) is 5.75 Å². The van der Waals surface area contributed by atoms with Crippen molar-refractivity contribution in [2.75, 3.05) is 19.0 Å². The molecule has 0 radical (unpaired) electrons. The number of nitrogens with one attached hydrogen (secondary N) is 1. The molecule has 0 spiro atoms. The van der Waals surface area contributed by atoms with Crippen LogP contribution in [0.25, 0.3) is 0 Å². The molecular formula is C15H18ClNO4. The summed E-state index contributed by atoms with van der Waals surface area (Å²) in [5, 5.41) is 2.87. The molecule has 1 aromatic rings. The summed E-state index contributed by atoms with van der Waals surface area (Å²) in [6.45, 7) is 5.58. The Morgan fingerprint density at radius 2 is 2.00 bits per heavy atom. The van der Waals surface area contributed by atoms with E-state index in [2.05, 4.69) is 5.32 Å². The largest absolute Gasteiger partial charge is 0.496 e. The number of benzene rings is 1. The quantitative estimate of drug-likeness (QED) is 0.668. The first-order valence-corrected chi connectivity index (χ1v) is 6.77. The maximum absolute atomic E-state index is 11.8. The van der Waals surface area contributed by atoms with Gasteiger partial charge in [0.1, 0.15) is 11.3 Å². The zero-order chi connectivity index (χ0) is 16.0. The third kappa shape index (κ3) is 4.79. The van der Waals surface area contributed by atoms with Gasteiger partial charge in [-0.05, 0) is 26.8 Å². The van der Waals surface area contributed by atoms with E-state index in [0.29, 0.717) is 5.69 Å². The highest BCUT2D eigenvalue weighted by Crippen LogP contribution is 2.31. The van der Waals surface area contributed by atoms with E-state index < -0.39 is 5.97 Å². The number of ether oxygens (including phenoxy) is 2. The molecule has 0 fully saturated rings. The molecule has 5 nitrogen and oxygen atoms in total. The van der Waals surface area contributed by atoms with Crippen molar-refractivity contribution in [2.24, 2.45) is 0 Å². The van der Waals surface area contributed by atoms with Gasteiger partial charge in [-0.25, -0.2) is 4.79 Å². The highest BCUT2D eigenvalue weighted by Gasteiger charge is 2.17. The number of allylic oxidation sites excluding steroid dienone is 1. The van der Waals surface area contributed by atoms with E-state index in [9.17, 15) is 9.59 Å². The Morgan fingerprint density at radius 3 is 2.52 bits per heavy atom. The van der Waals surface area contributed by atoms with Gasteiger partial charge in [0.25, 0.3) is 0 Å². The van der Waals surface area contributed by atoms with Gasteiger partial charge in [0, 0.05) is 12.1 Å². The van der Waals surface area contributed by atoms with Crippen LogP contribution in [-0.2, 0) is 9.53 Å². The fraction of sp³-hybridized carbons (Fsp3) is 0.333. The lowest BCUT2D eigenvalue weighted by atomic mass is 10.1. The number of carbonyl (C=O) groups is 2. The number of rotatable bonds is 5. The summed E-state index contributed by atoms with van der Waals surface area (Å²) in [6, 6.07) is 2.90. The Labute approximate surface area is 128 Å². The van der Waals surface area contributed by atoms with Crippen LogP contribution in [-0.4, -0.2) is 25.6 Å². The molecule has 0 saturated heterocycles. The zero-order valence-electron chi connectivity index (χ0n) is 12.5. The molecule has 0 unspecified atom stereocenters. The van der Waals surface area contributed by atoms with Gasteiger partial charge in [-0.2, -0.15) is 0 Å². The number of amides is 1. The second-order valence-corrected chi connectivity index (χ2v) is 4.87. The van der Waals surface area contributed by atoms with Gasteiger partial charge in [-0.1, -0.05) is 17.2 Å². The second kappa shape index (κ2) is 7.69. The molecule has 0 aliphatic carbocycles. The molecule has 114 valence electrons. The third-order valence-electron chi connectivity index (χ3n) is 2.46. The van der Waals surface area contributed by atoms with E-state index in [4.69, 9.17) is 21.1 Å². The highest BCUT2D eigenvalue weighted by atomic mass is 35.5. The molecule has 1 aromatic carbocycles. The average Bonchev–Trinajstić information content (AvgIpc) is 2.39. The van der Waals surface area contributed by atoms with Gasteiger partial charge in [0.15, 0.2) is 0 Å². The molecule has 1 N–H and O–H groups in total. The second-order valence-electron chi connectivity index (χ2n) is 4.46. The molecule has 0 aliphatic heterocycles. The van der Waals surface area contributed by atoms with Crippen molar-refractivity contribution in [1.82, 2.24) is 0 Å². The summed E-state index contributed by atoms with van der Waals surface area (Å²) in [5.41, 5.74) is 1.44. The van der Waals surface area contributed by atoms with Crippen molar-refractivity contribution in [1.29, 1.82) is 0 Å². The number of methoxy groups -OCH3 is 1. The smallest absolute Gasteiger partial charge is 0.341 e. The van der Waals surface area contributed by atoms with Crippen LogP contribution in [0.3, 0.4) is 0 Å². The summed E-state index contributed by atoms with van der Waals surface area (Å²) in [6.07, 6.45) is 1.45. The molecule has 0 heterocycles. The fourth-order valence-electron chi connectivity index (χ4n) is 1.62. The Kier molecular flexibility index (Phi) is 6.24. The van der Waals surface area contributed by atoms with E-state index >= 15 is 0 Å². The maximum Gasteiger partial charge on any atom is 0.341 e. The minimum absolute atomic E-state index is 0.213. The SMILES string of the molecule is CCOC(=O)c1cc(Cl)c(NC(=O)C=C(C)C)cc1OC. The van der Waals surface area contributed by atoms with Gasteiger partial charge in [0.2, 0.25) is 5.91 Å². The van der Waals surface area contributed by atoms with Crippen LogP contribution in [0.5, 0.6) is 5.75 Å². The highest BCUT2D eigenvalue weighted by molar-refractivity contribution is 6.34. The van der Waals surface area contributed by atoms with Gasteiger partial charge in [-0.3, -0.25) is 4.79 Å². The number of anilines is 1. The molecular weight excluding hydrogens is 294 g/mol. The van der Waals surface area contributed by atoms with E-state index in [1.807, 2.05) is 13.8 Å². The first-order valence-electron chi connectivity index (χ1n) is 6.39. The number of hydrogen-bond donors (Lipinski definition) is 1. The normalized spacial score (nSPS) is 9.76. The molecule has 1 rings (SSSR count). The lowest BCUT2D eigenvalue weighted by Gasteiger charge is -2.12. The predicted molar refractivity (Wildman–Crippen MR) is 82.0 cm³/mol. The van der Waals surface area contributed by atoms with Crippen LogP contribution in [0.15, 0.2) is 23.8 Å². The van der Waals surface area contributed by atoms with E-state index in [1.54, 1.807) is 6.92 Å². The molecule has 1 amide bonds. The van der Waals surface area contributed by atoms with Crippen LogP contribution in [0.2, 0.25) is 5.02 Å². The van der Waals surface area contributed by atoms with E-state index in [1.165, 1.54) is 25.3 Å². The van der Waals surface area contributed by atoms with Crippen LogP contribution < -0.4 is 10.1 Å². The predicted octanol–water partition coefficient (Wildman–Crippen LogP) is 3.43. The number of halogens is 1. The monoisotopic (exact) mass is 311 g/mol. The minimum atomic E-state index is -0.529. The standard InChI is InChI=1S/C15H18ClNO4/c1-5-21-15(19)10-7-11(16)12(8-13(10)20-4)17-14(18)6-9(2)3/h6-8H,5H2,1-4H3,(H,17,18). The Hall–Kier alpha value is -2.01. The summed E-state index contributed by atoms with van der Waals surface area (Å²) in [4.78, 5) is 23.5. The Morgan fingerprint density at radius 1 is 1.33 bits per heavy atom. The van der Waals surface area contributed by atoms with E-state index in [-0.39, 0.29) is 28.8 Å². The van der Waals surface area contributed by atoms with Crippen LogP contribution in [0.1, 0.15) is 31.1 Å². The Balaban J connectivity index is 3.12. The summed E-state index contributed by atoms with van der Waals surface area (Å²) in [5.74, 6) is -0.549. The summed E-state index contributed by atoms with van der Waals surface area (Å²) >= 11 is 6.08. The minimum Gasteiger partial charge on any atom is -0.496 e. The first kappa shape index (κ1) is 17.0. The van der Waals surface area contributed by atoms with Gasteiger partial charge >= 0.3 is 5.97 Å². The lowest BCUT2D eigenvalue weighted by Crippen LogP contribution is -2.11. The summed E-state index contributed by atoms with van der Waals surface area (Å²) < 4.78 is 10.1. The molecule has 0 aromatic heterocycles. The lowest BCUT2D eigenvalue weighted by molar-refractivity contribution is -0.111. The fourth-order valence-corrected chi connectivity index (χ4v) is 1.83.